The highest BCUT2D eigenvalue weighted by Crippen LogP contribution is 2.30. The highest BCUT2D eigenvalue weighted by Gasteiger charge is 2.25. The van der Waals surface area contributed by atoms with Gasteiger partial charge in [0.25, 0.3) is 0 Å². The molecule has 1 aliphatic heterocycles. The van der Waals surface area contributed by atoms with E-state index in [1.54, 1.807) is 12.3 Å². The lowest BCUT2D eigenvalue weighted by atomic mass is 9.99. The zero-order valence-electron chi connectivity index (χ0n) is 17.8. The minimum Gasteiger partial charge on any atom is -0.478 e. The second-order valence-corrected chi connectivity index (χ2v) is 8.15. The number of carbonyl (C=O) groups is 1. The maximum absolute atomic E-state index is 11.2. The van der Waals surface area contributed by atoms with Crippen molar-refractivity contribution in [3.8, 4) is 0 Å². The third kappa shape index (κ3) is 5.57. The second kappa shape index (κ2) is 9.86. The van der Waals surface area contributed by atoms with E-state index in [1.807, 2.05) is 6.07 Å². The Bertz CT molecular complexity index is 997. The van der Waals surface area contributed by atoms with Crippen LogP contribution in [0.25, 0.3) is 0 Å². The summed E-state index contributed by atoms with van der Waals surface area (Å²) in [5, 5.41) is 9.18. The number of carboxylic acid groups (broad SMARTS) is 1. The van der Waals surface area contributed by atoms with E-state index in [1.165, 1.54) is 22.8 Å². The molecule has 31 heavy (non-hydrogen) atoms. The van der Waals surface area contributed by atoms with Crippen molar-refractivity contribution in [1.82, 2.24) is 9.88 Å². The molecule has 0 saturated carbocycles. The Labute approximate surface area is 183 Å². The van der Waals surface area contributed by atoms with Gasteiger partial charge in [0, 0.05) is 25.8 Å². The van der Waals surface area contributed by atoms with E-state index in [0.717, 1.165) is 31.6 Å². The molecular weight excluding hydrogens is 388 g/mol. The highest BCUT2D eigenvalue weighted by atomic mass is 16.5. The Morgan fingerprint density at radius 3 is 2.42 bits per heavy atom. The first kappa shape index (κ1) is 21.2. The molecular formula is C26H28N2O3. The van der Waals surface area contributed by atoms with Gasteiger partial charge < -0.3 is 9.84 Å². The molecule has 5 heteroatoms. The summed E-state index contributed by atoms with van der Waals surface area (Å²) in [4.78, 5) is 17.8. The van der Waals surface area contributed by atoms with Gasteiger partial charge in [-0.15, -0.1) is 0 Å². The molecule has 4 rings (SSSR count). The van der Waals surface area contributed by atoms with Gasteiger partial charge in [0.2, 0.25) is 0 Å². The summed E-state index contributed by atoms with van der Waals surface area (Å²) in [6.07, 6.45) is 3.55. The van der Waals surface area contributed by atoms with Crippen LogP contribution in [0.3, 0.4) is 0 Å². The van der Waals surface area contributed by atoms with Crippen LogP contribution in [0.1, 0.15) is 51.7 Å². The molecule has 0 spiro atoms. The van der Waals surface area contributed by atoms with Gasteiger partial charge in [0.1, 0.15) is 6.10 Å². The lowest BCUT2D eigenvalue weighted by Crippen LogP contribution is -2.37. The van der Waals surface area contributed by atoms with Crippen LogP contribution >= 0.6 is 0 Å². The molecule has 1 N–H and O–H groups in total. The number of likely N-dealkylation sites (tertiary alicyclic amines) is 1. The van der Waals surface area contributed by atoms with E-state index >= 15 is 0 Å². The predicted molar refractivity (Wildman–Crippen MR) is 120 cm³/mol. The minimum atomic E-state index is -0.918. The third-order valence-corrected chi connectivity index (χ3v) is 5.79. The average molecular weight is 417 g/mol. The van der Waals surface area contributed by atoms with Gasteiger partial charge in [0.05, 0.1) is 17.4 Å². The van der Waals surface area contributed by atoms with Crippen LogP contribution in [-0.4, -0.2) is 40.2 Å². The van der Waals surface area contributed by atoms with Crippen molar-refractivity contribution < 1.29 is 14.6 Å². The highest BCUT2D eigenvalue weighted by molar-refractivity contribution is 5.87. The molecule has 2 heterocycles. The number of nitrogens with zero attached hydrogens (tertiary/aromatic N) is 2. The lowest BCUT2D eigenvalue weighted by molar-refractivity contribution is -0.0283. The number of aromatic carboxylic acids is 1. The van der Waals surface area contributed by atoms with Crippen molar-refractivity contribution in [2.24, 2.45) is 0 Å². The summed E-state index contributed by atoms with van der Waals surface area (Å²) in [5.74, 6) is -0.918. The van der Waals surface area contributed by atoms with Crippen molar-refractivity contribution >= 4 is 5.97 Å². The standard InChI is InChI=1S/C26H28N2O3/c1-19-7-9-21(10-8-19)25(20-5-3-2-4-6-20)31-24-12-15-28(16-13-24)18-23-17-22(26(29)30)11-14-27-23/h2-11,14,17,24-25H,12-13,15-16,18H2,1H3,(H,29,30). The molecule has 5 nitrogen and oxygen atoms in total. The number of aromatic nitrogens is 1. The minimum absolute atomic E-state index is 0.0766. The zero-order valence-corrected chi connectivity index (χ0v) is 17.8. The van der Waals surface area contributed by atoms with Crippen LogP contribution in [0.2, 0.25) is 0 Å². The molecule has 2 aromatic carbocycles. The summed E-state index contributed by atoms with van der Waals surface area (Å²) in [6, 6.07) is 22.2. The van der Waals surface area contributed by atoms with Crippen LogP contribution in [0.15, 0.2) is 72.9 Å². The molecule has 0 aliphatic carbocycles. The molecule has 0 bridgehead atoms. The topological polar surface area (TPSA) is 62.7 Å². The number of benzene rings is 2. The zero-order chi connectivity index (χ0) is 21.6. The van der Waals surface area contributed by atoms with E-state index in [4.69, 9.17) is 4.74 Å². The van der Waals surface area contributed by atoms with Gasteiger partial charge in [-0.05, 0) is 43.0 Å². The first-order chi connectivity index (χ1) is 15.1. The van der Waals surface area contributed by atoms with Crippen molar-refractivity contribution in [1.29, 1.82) is 0 Å². The number of hydrogen-bond acceptors (Lipinski definition) is 4. The van der Waals surface area contributed by atoms with Gasteiger partial charge in [-0.1, -0.05) is 60.2 Å². The van der Waals surface area contributed by atoms with Gasteiger partial charge >= 0.3 is 5.97 Å². The fourth-order valence-corrected chi connectivity index (χ4v) is 4.04. The van der Waals surface area contributed by atoms with Crippen LogP contribution in [0, 0.1) is 6.92 Å². The summed E-state index contributed by atoms with van der Waals surface area (Å²) < 4.78 is 6.63. The second-order valence-electron chi connectivity index (χ2n) is 8.15. The third-order valence-electron chi connectivity index (χ3n) is 5.79. The molecule has 1 fully saturated rings. The number of piperidine rings is 1. The Balaban J connectivity index is 1.39. The van der Waals surface area contributed by atoms with Gasteiger partial charge in [-0.2, -0.15) is 0 Å². The SMILES string of the molecule is Cc1ccc(C(OC2CCN(Cc3cc(C(=O)O)ccn3)CC2)c2ccccc2)cc1. The number of rotatable bonds is 7. The number of ether oxygens (including phenoxy) is 1. The lowest BCUT2D eigenvalue weighted by Gasteiger charge is -2.34. The van der Waals surface area contributed by atoms with E-state index in [0.29, 0.717) is 6.54 Å². The normalized spacial score (nSPS) is 16.2. The smallest absolute Gasteiger partial charge is 0.335 e. The molecule has 1 aliphatic rings. The molecule has 0 amide bonds. The fraction of sp³-hybridized carbons (Fsp3) is 0.308. The Kier molecular flexibility index (Phi) is 6.75. The monoisotopic (exact) mass is 416 g/mol. The van der Waals surface area contributed by atoms with Gasteiger partial charge in [-0.25, -0.2) is 4.79 Å². The fourth-order valence-electron chi connectivity index (χ4n) is 4.04. The van der Waals surface area contributed by atoms with Crippen LogP contribution in [0.4, 0.5) is 0 Å². The molecule has 0 radical (unpaired) electrons. The first-order valence-corrected chi connectivity index (χ1v) is 10.8. The van der Waals surface area contributed by atoms with Crippen molar-refractivity contribution in [2.75, 3.05) is 13.1 Å². The van der Waals surface area contributed by atoms with Crippen molar-refractivity contribution in [2.45, 2.75) is 38.5 Å². The predicted octanol–water partition coefficient (Wildman–Crippen LogP) is 4.86. The number of carboxylic acids is 1. The Morgan fingerprint density at radius 2 is 1.74 bits per heavy atom. The van der Waals surface area contributed by atoms with E-state index in [2.05, 4.69) is 65.3 Å². The maximum Gasteiger partial charge on any atom is 0.335 e. The molecule has 1 unspecified atom stereocenters. The quantitative estimate of drug-likeness (QED) is 0.596. The van der Waals surface area contributed by atoms with Gasteiger partial charge in [0.15, 0.2) is 0 Å². The molecule has 1 saturated heterocycles. The van der Waals surface area contributed by atoms with E-state index < -0.39 is 5.97 Å². The largest absolute Gasteiger partial charge is 0.478 e. The van der Waals surface area contributed by atoms with E-state index in [-0.39, 0.29) is 17.8 Å². The van der Waals surface area contributed by atoms with E-state index in [9.17, 15) is 9.90 Å². The Morgan fingerprint density at radius 1 is 1.06 bits per heavy atom. The Hall–Kier alpha value is -3.02. The molecule has 1 atom stereocenters. The van der Waals surface area contributed by atoms with Crippen LogP contribution in [-0.2, 0) is 11.3 Å². The summed E-state index contributed by atoms with van der Waals surface area (Å²) in [7, 11) is 0. The van der Waals surface area contributed by atoms with Gasteiger partial charge in [-0.3, -0.25) is 9.88 Å². The maximum atomic E-state index is 11.2. The average Bonchev–Trinajstić information content (AvgIpc) is 2.80. The molecule has 3 aromatic rings. The number of hydrogen-bond donors (Lipinski definition) is 1. The number of pyridine rings is 1. The molecule has 160 valence electrons. The van der Waals surface area contributed by atoms with Crippen molar-refractivity contribution in [3.05, 3.63) is 101 Å². The number of aryl methyl sites for hydroxylation is 1. The summed E-state index contributed by atoms with van der Waals surface area (Å²) in [5.41, 5.74) is 4.66. The summed E-state index contributed by atoms with van der Waals surface area (Å²) >= 11 is 0. The summed E-state index contributed by atoms with van der Waals surface area (Å²) in [6.45, 7) is 4.56. The molecule has 1 aromatic heterocycles. The van der Waals surface area contributed by atoms with Crippen molar-refractivity contribution in [3.63, 3.8) is 0 Å². The van der Waals surface area contributed by atoms with Crippen LogP contribution in [0.5, 0.6) is 0 Å². The first-order valence-electron chi connectivity index (χ1n) is 10.8. The van der Waals surface area contributed by atoms with Crippen LogP contribution < -0.4 is 0 Å².